The molecule has 0 atom stereocenters. The summed E-state index contributed by atoms with van der Waals surface area (Å²) in [5.74, 6) is 1.50. The monoisotopic (exact) mass is 420 g/mol. The van der Waals surface area contributed by atoms with Crippen LogP contribution in [0.25, 0.3) is 11.3 Å². The quantitative estimate of drug-likeness (QED) is 0.441. The summed E-state index contributed by atoms with van der Waals surface area (Å²) < 4.78 is 16.1. The van der Waals surface area contributed by atoms with Crippen molar-refractivity contribution < 1.29 is 19.0 Å². The number of ether oxygens (including phenoxy) is 3. The number of methoxy groups -OCH3 is 2. The third-order valence-electron chi connectivity index (χ3n) is 4.13. The Morgan fingerprint density at radius 2 is 1.68 bits per heavy atom. The SMILES string of the molecule is COc1cc(/C=N/NC(=O)c2nccc(-c3ccc(OC(C)C)cc3)n2)cc(OC)c1. The van der Waals surface area contributed by atoms with Gasteiger partial charge >= 0.3 is 5.91 Å². The molecule has 0 radical (unpaired) electrons. The highest BCUT2D eigenvalue weighted by Gasteiger charge is 2.10. The van der Waals surface area contributed by atoms with Gasteiger partial charge in [0.15, 0.2) is 0 Å². The number of nitrogens with zero attached hydrogens (tertiary/aromatic N) is 3. The molecule has 0 aliphatic heterocycles. The van der Waals surface area contributed by atoms with Crippen molar-refractivity contribution in [3.63, 3.8) is 0 Å². The van der Waals surface area contributed by atoms with Crippen LogP contribution in [-0.4, -0.2) is 42.4 Å². The molecule has 1 N–H and O–H groups in total. The van der Waals surface area contributed by atoms with Crippen LogP contribution >= 0.6 is 0 Å². The molecule has 3 rings (SSSR count). The van der Waals surface area contributed by atoms with E-state index in [0.717, 1.165) is 11.3 Å². The Balaban J connectivity index is 1.70. The van der Waals surface area contributed by atoms with Gasteiger partial charge in [0, 0.05) is 23.4 Å². The summed E-state index contributed by atoms with van der Waals surface area (Å²) in [4.78, 5) is 20.8. The number of hydrazone groups is 1. The van der Waals surface area contributed by atoms with Gasteiger partial charge in [-0.25, -0.2) is 15.4 Å². The van der Waals surface area contributed by atoms with Crippen molar-refractivity contribution >= 4 is 12.1 Å². The lowest BCUT2D eigenvalue weighted by molar-refractivity contribution is 0.0945. The first-order valence-corrected chi connectivity index (χ1v) is 9.65. The molecule has 0 aliphatic rings. The molecule has 1 aromatic heterocycles. The average molecular weight is 420 g/mol. The van der Waals surface area contributed by atoms with Crippen LogP contribution in [-0.2, 0) is 0 Å². The van der Waals surface area contributed by atoms with Gasteiger partial charge in [0.05, 0.1) is 32.2 Å². The zero-order chi connectivity index (χ0) is 22.2. The molecule has 0 unspecified atom stereocenters. The Morgan fingerprint density at radius 3 is 2.29 bits per heavy atom. The van der Waals surface area contributed by atoms with Gasteiger partial charge in [-0.1, -0.05) is 0 Å². The largest absolute Gasteiger partial charge is 0.497 e. The molecule has 1 heterocycles. The number of hydrogen-bond acceptors (Lipinski definition) is 7. The van der Waals surface area contributed by atoms with Crippen molar-refractivity contribution in [1.82, 2.24) is 15.4 Å². The summed E-state index contributed by atoms with van der Waals surface area (Å²) in [7, 11) is 3.12. The molecule has 0 spiro atoms. The number of hydrogen-bond donors (Lipinski definition) is 1. The molecule has 8 heteroatoms. The Hall–Kier alpha value is -3.94. The number of nitrogens with one attached hydrogen (secondary N) is 1. The molecular weight excluding hydrogens is 396 g/mol. The third kappa shape index (κ3) is 6.02. The van der Waals surface area contributed by atoms with E-state index in [2.05, 4.69) is 20.5 Å². The van der Waals surface area contributed by atoms with Crippen molar-refractivity contribution in [3.05, 3.63) is 66.1 Å². The van der Waals surface area contributed by atoms with E-state index in [1.807, 2.05) is 38.1 Å². The lowest BCUT2D eigenvalue weighted by Crippen LogP contribution is -2.20. The minimum atomic E-state index is -0.521. The predicted octanol–water partition coefficient (Wildman–Crippen LogP) is 3.71. The second-order valence-electron chi connectivity index (χ2n) is 6.80. The fourth-order valence-corrected chi connectivity index (χ4v) is 2.72. The highest BCUT2D eigenvalue weighted by molar-refractivity contribution is 5.92. The van der Waals surface area contributed by atoms with Crippen LogP contribution in [0.2, 0.25) is 0 Å². The third-order valence-corrected chi connectivity index (χ3v) is 4.13. The van der Waals surface area contributed by atoms with Gasteiger partial charge < -0.3 is 14.2 Å². The van der Waals surface area contributed by atoms with Crippen molar-refractivity contribution in [2.75, 3.05) is 14.2 Å². The summed E-state index contributed by atoms with van der Waals surface area (Å²) >= 11 is 0. The van der Waals surface area contributed by atoms with Gasteiger partial charge in [-0.15, -0.1) is 0 Å². The summed E-state index contributed by atoms with van der Waals surface area (Å²) in [5.41, 5.74) is 4.61. The first-order chi connectivity index (χ1) is 15.0. The van der Waals surface area contributed by atoms with Crippen LogP contribution in [0, 0.1) is 0 Å². The minimum Gasteiger partial charge on any atom is -0.497 e. The molecule has 0 saturated heterocycles. The summed E-state index contributed by atoms with van der Waals surface area (Å²) in [6.07, 6.45) is 3.12. The van der Waals surface area contributed by atoms with Crippen LogP contribution in [0.15, 0.2) is 59.8 Å². The second kappa shape index (κ2) is 10.2. The van der Waals surface area contributed by atoms with E-state index in [1.54, 1.807) is 38.5 Å². The Kier molecular flexibility index (Phi) is 7.16. The lowest BCUT2D eigenvalue weighted by Gasteiger charge is -2.10. The van der Waals surface area contributed by atoms with E-state index >= 15 is 0 Å². The molecule has 0 saturated carbocycles. The first-order valence-electron chi connectivity index (χ1n) is 9.65. The number of carbonyl (C=O) groups excluding carboxylic acids is 1. The van der Waals surface area contributed by atoms with Crippen molar-refractivity contribution in [3.8, 4) is 28.5 Å². The second-order valence-corrected chi connectivity index (χ2v) is 6.80. The van der Waals surface area contributed by atoms with Gasteiger partial charge in [0.1, 0.15) is 17.2 Å². The fourth-order valence-electron chi connectivity index (χ4n) is 2.72. The van der Waals surface area contributed by atoms with Gasteiger partial charge in [-0.2, -0.15) is 5.10 Å². The number of aromatic nitrogens is 2. The summed E-state index contributed by atoms with van der Waals surface area (Å²) in [6, 6.07) is 14.5. The maximum atomic E-state index is 12.4. The van der Waals surface area contributed by atoms with Crippen LogP contribution in [0.3, 0.4) is 0 Å². The van der Waals surface area contributed by atoms with E-state index in [9.17, 15) is 4.79 Å². The topological polar surface area (TPSA) is 94.9 Å². The molecule has 160 valence electrons. The average Bonchev–Trinajstić information content (AvgIpc) is 2.79. The molecule has 2 aromatic carbocycles. The van der Waals surface area contributed by atoms with Crippen LogP contribution in [0.1, 0.15) is 30.0 Å². The van der Waals surface area contributed by atoms with Gasteiger partial charge in [-0.3, -0.25) is 4.79 Å². The summed E-state index contributed by atoms with van der Waals surface area (Å²) in [5, 5.41) is 3.98. The molecule has 0 bridgehead atoms. The van der Waals surface area contributed by atoms with Crippen molar-refractivity contribution in [2.45, 2.75) is 20.0 Å². The van der Waals surface area contributed by atoms with Gasteiger partial charge in [-0.05, 0) is 56.3 Å². The first kappa shape index (κ1) is 21.8. The summed E-state index contributed by atoms with van der Waals surface area (Å²) in [6.45, 7) is 3.94. The van der Waals surface area contributed by atoms with E-state index in [1.165, 1.54) is 12.4 Å². The van der Waals surface area contributed by atoms with E-state index in [0.29, 0.717) is 22.8 Å². The van der Waals surface area contributed by atoms with Crippen molar-refractivity contribution in [2.24, 2.45) is 5.10 Å². The van der Waals surface area contributed by atoms with Crippen molar-refractivity contribution in [1.29, 1.82) is 0 Å². The highest BCUT2D eigenvalue weighted by Crippen LogP contribution is 2.22. The molecule has 0 aliphatic carbocycles. The maximum Gasteiger partial charge on any atom is 0.309 e. The molecule has 8 nitrogen and oxygen atoms in total. The van der Waals surface area contributed by atoms with Gasteiger partial charge in [0.2, 0.25) is 5.82 Å². The van der Waals surface area contributed by atoms with Crippen LogP contribution in [0.5, 0.6) is 17.2 Å². The molecule has 0 fully saturated rings. The molecule has 3 aromatic rings. The normalized spacial score (nSPS) is 10.9. The van der Waals surface area contributed by atoms with E-state index < -0.39 is 5.91 Å². The number of rotatable bonds is 8. The lowest BCUT2D eigenvalue weighted by atomic mass is 10.1. The smallest absolute Gasteiger partial charge is 0.309 e. The Bertz CT molecular complexity index is 1040. The number of amides is 1. The Morgan fingerprint density at radius 1 is 1.00 bits per heavy atom. The predicted molar refractivity (Wildman–Crippen MR) is 118 cm³/mol. The molecule has 1 amide bonds. The molecular formula is C23H24N4O4. The van der Waals surface area contributed by atoms with Crippen LogP contribution < -0.4 is 19.6 Å². The number of benzene rings is 2. The standard InChI is InChI=1S/C23H24N4O4/c1-15(2)31-18-7-5-17(6-8-18)21-9-10-24-22(26-21)23(28)27-25-14-16-11-19(29-3)13-20(12-16)30-4/h5-15H,1-4H3,(H,27,28)/b25-14+. The van der Waals surface area contributed by atoms with E-state index in [4.69, 9.17) is 14.2 Å². The Labute approximate surface area is 180 Å². The van der Waals surface area contributed by atoms with Crippen LogP contribution in [0.4, 0.5) is 0 Å². The maximum absolute atomic E-state index is 12.4. The van der Waals surface area contributed by atoms with Gasteiger partial charge in [0.25, 0.3) is 0 Å². The minimum absolute atomic E-state index is 0.0142. The molecule has 31 heavy (non-hydrogen) atoms. The number of carbonyl (C=O) groups is 1. The highest BCUT2D eigenvalue weighted by atomic mass is 16.5. The van der Waals surface area contributed by atoms with E-state index in [-0.39, 0.29) is 11.9 Å². The fraction of sp³-hybridized carbons (Fsp3) is 0.217. The zero-order valence-electron chi connectivity index (χ0n) is 17.8. The zero-order valence-corrected chi connectivity index (χ0v) is 17.8.